The molecule has 0 spiro atoms. The van der Waals surface area contributed by atoms with Gasteiger partial charge in [0, 0.05) is 60.0 Å². The Morgan fingerprint density at radius 3 is 2.54 bits per heavy atom. The van der Waals surface area contributed by atoms with Gasteiger partial charge in [0.05, 0.1) is 5.41 Å². The molecule has 0 aromatic rings. The normalized spacial score (nSPS) is 17.6. The zero-order valence-electron chi connectivity index (χ0n) is 15.9. The topological polar surface area (TPSA) is 78.0 Å². The molecule has 0 unspecified atom stereocenters. The van der Waals surface area contributed by atoms with E-state index in [0.29, 0.717) is 12.6 Å². The molecule has 1 aliphatic heterocycles. The first kappa shape index (κ1) is 20.7. The number of nitrogens with one attached hydrogen (secondary N) is 3. The van der Waals surface area contributed by atoms with E-state index < -0.39 is 5.41 Å². The van der Waals surface area contributed by atoms with Gasteiger partial charge < -0.3 is 25.6 Å². The number of guanidine groups is 1. The van der Waals surface area contributed by atoms with Crippen LogP contribution in [-0.2, 0) is 9.53 Å². The van der Waals surface area contributed by atoms with Gasteiger partial charge in [0.2, 0.25) is 5.91 Å². The average molecular weight is 342 g/mol. The number of likely N-dealkylation sites (tertiary alicyclic amines) is 1. The van der Waals surface area contributed by atoms with Gasteiger partial charge in [-0.05, 0) is 33.1 Å². The third-order valence-corrected chi connectivity index (χ3v) is 4.51. The predicted octanol–water partition coefficient (Wildman–Crippen LogP) is 0.425. The van der Waals surface area contributed by atoms with Crippen LogP contribution >= 0.6 is 0 Å². The first-order valence-electron chi connectivity index (χ1n) is 8.83. The lowest BCUT2D eigenvalue weighted by Crippen LogP contribution is -2.51. The van der Waals surface area contributed by atoms with E-state index in [0.717, 1.165) is 51.5 Å². The van der Waals surface area contributed by atoms with Crippen molar-refractivity contribution in [2.75, 3.05) is 54.0 Å². The van der Waals surface area contributed by atoms with Crippen molar-refractivity contribution in [1.29, 1.82) is 0 Å². The Hall–Kier alpha value is -1.34. The van der Waals surface area contributed by atoms with Gasteiger partial charge >= 0.3 is 0 Å². The highest BCUT2D eigenvalue weighted by Gasteiger charge is 2.27. The summed E-state index contributed by atoms with van der Waals surface area (Å²) in [6.07, 6.45) is 3.30. The molecular formula is C17H35N5O2. The minimum absolute atomic E-state index is 0.0230. The highest BCUT2D eigenvalue weighted by molar-refractivity contribution is 5.84. The third kappa shape index (κ3) is 7.05. The second-order valence-electron chi connectivity index (χ2n) is 7.00. The Morgan fingerprint density at radius 1 is 1.33 bits per heavy atom. The van der Waals surface area contributed by atoms with Gasteiger partial charge in [0.25, 0.3) is 0 Å². The zero-order valence-corrected chi connectivity index (χ0v) is 15.9. The number of aliphatic imine (C=N–C) groups is 1. The Labute approximate surface area is 146 Å². The summed E-state index contributed by atoms with van der Waals surface area (Å²) in [6.45, 7) is 8.52. The molecule has 1 amide bonds. The number of hydrogen-bond donors (Lipinski definition) is 3. The molecule has 1 saturated heterocycles. The Bertz CT molecular complexity index is 404. The molecule has 0 bridgehead atoms. The van der Waals surface area contributed by atoms with Crippen LogP contribution in [0, 0.1) is 5.41 Å². The summed E-state index contributed by atoms with van der Waals surface area (Å²) >= 11 is 0. The van der Waals surface area contributed by atoms with Crippen molar-refractivity contribution in [2.45, 2.75) is 39.2 Å². The minimum Gasteiger partial charge on any atom is -0.385 e. The van der Waals surface area contributed by atoms with E-state index in [1.807, 2.05) is 13.8 Å². The Kier molecular flexibility index (Phi) is 9.07. The molecule has 0 saturated carbocycles. The van der Waals surface area contributed by atoms with Crippen LogP contribution in [0.5, 0.6) is 0 Å². The molecule has 0 radical (unpaired) electrons. The molecule has 1 rings (SSSR count). The molecular weight excluding hydrogens is 306 g/mol. The Morgan fingerprint density at radius 2 is 2.00 bits per heavy atom. The maximum absolute atomic E-state index is 11.8. The molecule has 7 heteroatoms. The summed E-state index contributed by atoms with van der Waals surface area (Å²) in [5, 5.41) is 9.45. The van der Waals surface area contributed by atoms with Crippen molar-refractivity contribution < 1.29 is 9.53 Å². The standard InChI is InChI=1S/C17H35N5O2/c1-17(2,15(23)18-3)13-20-16(19-4)21-14-7-10-22(11-8-14)9-6-12-24-5/h14H,6-13H2,1-5H3,(H,18,23)(H2,19,20,21). The number of ether oxygens (including phenoxy) is 1. The fourth-order valence-electron chi connectivity index (χ4n) is 2.84. The molecule has 3 N–H and O–H groups in total. The monoisotopic (exact) mass is 341 g/mol. The molecule has 1 fully saturated rings. The van der Waals surface area contributed by atoms with E-state index in [-0.39, 0.29) is 5.91 Å². The number of carbonyl (C=O) groups is 1. The van der Waals surface area contributed by atoms with Crippen LogP contribution in [0.15, 0.2) is 4.99 Å². The van der Waals surface area contributed by atoms with Crippen LogP contribution in [0.25, 0.3) is 0 Å². The van der Waals surface area contributed by atoms with Crippen molar-refractivity contribution in [2.24, 2.45) is 10.4 Å². The van der Waals surface area contributed by atoms with E-state index in [4.69, 9.17) is 4.74 Å². The van der Waals surface area contributed by atoms with Crippen molar-refractivity contribution >= 4 is 11.9 Å². The number of carbonyl (C=O) groups excluding carboxylic acids is 1. The summed E-state index contributed by atoms with van der Waals surface area (Å²) < 4.78 is 5.11. The summed E-state index contributed by atoms with van der Waals surface area (Å²) in [4.78, 5) is 18.6. The van der Waals surface area contributed by atoms with E-state index in [2.05, 4.69) is 25.8 Å². The molecule has 7 nitrogen and oxygen atoms in total. The van der Waals surface area contributed by atoms with Gasteiger partial charge in [-0.2, -0.15) is 0 Å². The van der Waals surface area contributed by atoms with Gasteiger partial charge in [-0.1, -0.05) is 0 Å². The molecule has 0 atom stereocenters. The van der Waals surface area contributed by atoms with Gasteiger partial charge in [0.1, 0.15) is 0 Å². The highest BCUT2D eigenvalue weighted by atomic mass is 16.5. The zero-order chi connectivity index (χ0) is 18.0. The lowest BCUT2D eigenvalue weighted by molar-refractivity contribution is -0.128. The lowest BCUT2D eigenvalue weighted by Gasteiger charge is -2.33. The molecule has 1 aliphatic rings. The van der Waals surface area contributed by atoms with Crippen molar-refractivity contribution in [3.8, 4) is 0 Å². The number of piperidine rings is 1. The lowest BCUT2D eigenvalue weighted by atomic mass is 9.92. The number of methoxy groups -OCH3 is 1. The first-order valence-corrected chi connectivity index (χ1v) is 8.83. The molecule has 24 heavy (non-hydrogen) atoms. The third-order valence-electron chi connectivity index (χ3n) is 4.51. The molecule has 0 aromatic heterocycles. The van der Waals surface area contributed by atoms with Gasteiger partial charge in [-0.25, -0.2) is 0 Å². The van der Waals surface area contributed by atoms with E-state index in [9.17, 15) is 4.79 Å². The summed E-state index contributed by atoms with van der Waals surface area (Å²) in [5.74, 6) is 0.791. The van der Waals surface area contributed by atoms with E-state index in [1.165, 1.54) is 0 Å². The number of rotatable bonds is 8. The van der Waals surface area contributed by atoms with Crippen LogP contribution in [0.2, 0.25) is 0 Å². The van der Waals surface area contributed by atoms with Gasteiger partial charge in [-0.3, -0.25) is 9.79 Å². The summed E-state index contributed by atoms with van der Waals surface area (Å²) in [7, 11) is 5.18. The molecule has 0 aliphatic carbocycles. The predicted molar refractivity (Wildman–Crippen MR) is 98.3 cm³/mol. The highest BCUT2D eigenvalue weighted by Crippen LogP contribution is 2.13. The quantitative estimate of drug-likeness (QED) is 0.339. The SMILES string of the molecule is CN=C(NCC(C)(C)C(=O)NC)NC1CCN(CCCOC)CC1. The number of nitrogens with zero attached hydrogens (tertiary/aromatic N) is 2. The molecule has 0 aromatic carbocycles. The van der Waals surface area contributed by atoms with Crippen molar-refractivity contribution in [3.63, 3.8) is 0 Å². The van der Waals surface area contributed by atoms with Crippen LogP contribution in [-0.4, -0.2) is 76.8 Å². The van der Waals surface area contributed by atoms with Crippen LogP contribution < -0.4 is 16.0 Å². The molecule has 140 valence electrons. The number of hydrogen-bond acceptors (Lipinski definition) is 4. The van der Waals surface area contributed by atoms with Crippen molar-refractivity contribution in [3.05, 3.63) is 0 Å². The van der Waals surface area contributed by atoms with E-state index in [1.54, 1.807) is 21.2 Å². The minimum atomic E-state index is -0.475. The van der Waals surface area contributed by atoms with Crippen LogP contribution in [0.1, 0.15) is 33.1 Å². The number of amides is 1. The van der Waals surface area contributed by atoms with E-state index >= 15 is 0 Å². The van der Waals surface area contributed by atoms with Crippen LogP contribution in [0.4, 0.5) is 0 Å². The fraction of sp³-hybridized carbons (Fsp3) is 0.882. The van der Waals surface area contributed by atoms with Crippen LogP contribution in [0.3, 0.4) is 0 Å². The summed E-state index contributed by atoms with van der Waals surface area (Å²) in [6, 6.07) is 0.429. The fourth-order valence-corrected chi connectivity index (χ4v) is 2.84. The van der Waals surface area contributed by atoms with Gasteiger partial charge in [0.15, 0.2) is 5.96 Å². The Balaban J connectivity index is 2.33. The maximum atomic E-state index is 11.8. The second kappa shape index (κ2) is 10.5. The van der Waals surface area contributed by atoms with Gasteiger partial charge in [-0.15, -0.1) is 0 Å². The second-order valence-corrected chi connectivity index (χ2v) is 7.00. The van der Waals surface area contributed by atoms with Crippen molar-refractivity contribution in [1.82, 2.24) is 20.9 Å². The first-order chi connectivity index (χ1) is 11.4. The smallest absolute Gasteiger partial charge is 0.227 e. The summed E-state index contributed by atoms with van der Waals surface area (Å²) in [5.41, 5.74) is -0.475. The molecule has 1 heterocycles. The average Bonchev–Trinajstić information content (AvgIpc) is 2.59. The largest absolute Gasteiger partial charge is 0.385 e. The maximum Gasteiger partial charge on any atom is 0.227 e.